The molecule has 2 heterocycles. The van der Waals surface area contributed by atoms with Crippen molar-refractivity contribution >= 4 is 27.8 Å². The number of ketones is 1. The van der Waals surface area contributed by atoms with Crippen LogP contribution in [0.2, 0.25) is 0 Å². The summed E-state index contributed by atoms with van der Waals surface area (Å²) in [6, 6.07) is 2.03. The van der Waals surface area contributed by atoms with Gasteiger partial charge in [0.25, 0.3) is 0 Å². The number of nitrogens with two attached hydrogens (primary N) is 1. The second kappa shape index (κ2) is 5.97. The van der Waals surface area contributed by atoms with Crippen molar-refractivity contribution in [3.63, 3.8) is 0 Å². The molecule has 2 aromatic heterocycles. The van der Waals surface area contributed by atoms with E-state index in [1.165, 1.54) is 11.3 Å². The zero-order valence-corrected chi connectivity index (χ0v) is 12.9. The van der Waals surface area contributed by atoms with Gasteiger partial charge in [-0.1, -0.05) is 13.8 Å². The van der Waals surface area contributed by atoms with Crippen LogP contribution in [-0.4, -0.2) is 16.0 Å². The van der Waals surface area contributed by atoms with Gasteiger partial charge in [-0.2, -0.15) is 10.4 Å². The zero-order valence-electron chi connectivity index (χ0n) is 12.1. The fourth-order valence-electron chi connectivity index (χ4n) is 1.88. The molecule has 1 unspecified atom stereocenters. The van der Waals surface area contributed by atoms with Crippen LogP contribution in [0.3, 0.4) is 0 Å². The van der Waals surface area contributed by atoms with E-state index in [0.717, 1.165) is 5.56 Å². The number of carbonyl (C=O) groups excluding carboxylic acids is 1. The molecule has 0 radical (unpaired) electrons. The Morgan fingerprint density at radius 3 is 2.76 bits per heavy atom. The molecule has 1 atom stereocenters. The molecule has 7 heteroatoms. The highest BCUT2D eigenvalue weighted by Gasteiger charge is 2.23. The highest BCUT2D eigenvalue weighted by Crippen LogP contribution is 2.38. The van der Waals surface area contributed by atoms with Crippen molar-refractivity contribution in [1.29, 1.82) is 5.26 Å². The minimum absolute atomic E-state index is 0.0435. The lowest BCUT2D eigenvalue weighted by atomic mass is 10.1. The number of hydrogen-bond donors (Lipinski definition) is 3. The predicted molar refractivity (Wildman–Crippen MR) is 83.2 cm³/mol. The number of nitrogens with zero attached hydrogens (tertiary/aromatic N) is 2. The number of hydrogen-bond acceptors (Lipinski definition) is 6. The van der Waals surface area contributed by atoms with Gasteiger partial charge in [0.1, 0.15) is 16.6 Å². The molecule has 0 bridgehead atoms. The molecule has 110 valence electrons. The summed E-state index contributed by atoms with van der Waals surface area (Å²) in [5, 5.41) is 19.8. The molecule has 0 aliphatic heterocycles. The van der Waals surface area contributed by atoms with E-state index in [2.05, 4.69) is 21.6 Å². The first-order chi connectivity index (χ1) is 9.95. The number of anilines is 2. The van der Waals surface area contributed by atoms with Crippen LogP contribution in [-0.2, 0) is 0 Å². The van der Waals surface area contributed by atoms with E-state index in [1.807, 2.05) is 20.8 Å². The van der Waals surface area contributed by atoms with Crippen LogP contribution < -0.4 is 11.1 Å². The van der Waals surface area contributed by atoms with Crippen molar-refractivity contribution in [3.8, 4) is 6.07 Å². The number of nitrogens with one attached hydrogen (secondary N) is 2. The van der Waals surface area contributed by atoms with E-state index in [4.69, 9.17) is 5.73 Å². The molecule has 6 nitrogen and oxygen atoms in total. The number of nitriles is 1. The number of H-pyrrole nitrogens is 1. The van der Waals surface area contributed by atoms with Gasteiger partial charge in [-0.3, -0.25) is 9.89 Å². The third-order valence-corrected chi connectivity index (χ3v) is 4.32. The van der Waals surface area contributed by atoms with Crippen LogP contribution in [0.15, 0.2) is 12.4 Å². The lowest BCUT2D eigenvalue weighted by Gasteiger charge is -2.11. The van der Waals surface area contributed by atoms with Crippen LogP contribution in [0.4, 0.5) is 10.7 Å². The SMILES string of the molecule is CC(C)C(=O)c1sc(NC(C)c2cn[nH]c2)c(C#N)c1N. The average Bonchev–Trinajstić information content (AvgIpc) is 3.06. The van der Waals surface area contributed by atoms with Crippen molar-refractivity contribution in [3.05, 3.63) is 28.4 Å². The van der Waals surface area contributed by atoms with Crippen molar-refractivity contribution in [2.75, 3.05) is 11.1 Å². The number of aromatic nitrogens is 2. The highest BCUT2D eigenvalue weighted by molar-refractivity contribution is 7.19. The maximum absolute atomic E-state index is 12.1. The van der Waals surface area contributed by atoms with Crippen LogP contribution in [0, 0.1) is 17.2 Å². The Hall–Kier alpha value is -2.33. The summed E-state index contributed by atoms with van der Waals surface area (Å²) in [6.45, 7) is 5.58. The second-order valence-electron chi connectivity index (χ2n) is 5.08. The largest absolute Gasteiger partial charge is 0.396 e. The predicted octanol–water partition coefficient (Wildman–Crippen LogP) is 2.94. The molecule has 0 fully saturated rings. The maximum Gasteiger partial charge on any atom is 0.177 e. The topological polar surface area (TPSA) is 108 Å². The molecule has 0 amide bonds. The van der Waals surface area contributed by atoms with E-state index in [-0.39, 0.29) is 23.4 Å². The first-order valence-corrected chi connectivity index (χ1v) is 7.39. The van der Waals surface area contributed by atoms with Crippen LogP contribution >= 0.6 is 11.3 Å². The van der Waals surface area contributed by atoms with Gasteiger partial charge in [0, 0.05) is 17.7 Å². The molecule has 0 aliphatic rings. The summed E-state index contributed by atoms with van der Waals surface area (Å²) >= 11 is 1.23. The number of nitrogen functional groups attached to an aromatic ring is 1. The van der Waals surface area contributed by atoms with Crippen LogP contribution in [0.25, 0.3) is 0 Å². The molecule has 0 aromatic carbocycles. The Kier molecular flexibility index (Phi) is 4.29. The lowest BCUT2D eigenvalue weighted by molar-refractivity contribution is 0.0944. The molecule has 2 rings (SSSR count). The van der Waals surface area contributed by atoms with E-state index >= 15 is 0 Å². The third-order valence-electron chi connectivity index (χ3n) is 3.17. The standard InChI is InChI=1S/C14H17N5OS/c1-7(2)12(20)13-11(16)10(4-15)14(21-13)19-8(3)9-5-17-18-6-9/h5-8,19H,16H2,1-3H3,(H,17,18). The van der Waals surface area contributed by atoms with Gasteiger partial charge in [-0.05, 0) is 6.92 Å². The normalized spacial score (nSPS) is 12.1. The van der Waals surface area contributed by atoms with Crippen molar-refractivity contribution in [2.24, 2.45) is 5.92 Å². The van der Waals surface area contributed by atoms with Crippen molar-refractivity contribution in [2.45, 2.75) is 26.8 Å². The number of aromatic amines is 1. The Labute approximate surface area is 127 Å². The monoisotopic (exact) mass is 303 g/mol. The smallest absolute Gasteiger partial charge is 0.177 e. The molecule has 4 N–H and O–H groups in total. The molecule has 21 heavy (non-hydrogen) atoms. The molecule has 0 saturated heterocycles. The van der Waals surface area contributed by atoms with Gasteiger partial charge < -0.3 is 11.1 Å². The highest BCUT2D eigenvalue weighted by atomic mass is 32.1. The van der Waals surface area contributed by atoms with E-state index in [1.54, 1.807) is 12.4 Å². The molecule has 2 aromatic rings. The lowest BCUT2D eigenvalue weighted by Crippen LogP contribution is -2.07. The first kappa shape index (κ1) is 15.1. The molecule has 0 saturated carbocycles. The molecular weight excluding hydrogens is 286 g/mol. The number of thiophene rings is 1. The number of carbonyl (C=O) groups is 1. The Morgan fingerprint density at radius 1 is 1.52 bits per heavy atom. The second-order valence-corrected chi connectivity index (χ2v) is 6.10. The van der Waals surface area contributed by atoms with E-state index < -0.39 is 0 Å². The van der Waals surface area contributed by atoms with Crippen LogP contribution in [0.5, 0.6) is 0 Å². The Morgan fingerprint density at radius 2 is 2.24 bits per heavy atom. The minimum Gasteiger partial charge on any atom is -0.396 e. The third kappa shape index (κ3) is 2.90. The summed E-state index contributed by atoms with van der Waals surface area (Å²) < 4.78 is 0. The van der Waals surface area contributed by atoms with Gasteiger partial charge in [-0.25, -0.2) is 0 Å². The zero-order chi connectivity index (χ0) is 15.6. The fourth-order valence-corrected chi connectivity index (χ4v) is 3.13. The van der Waals surface area contributed by atoms with E-state index in [0.29, 0.717) is 15.4 Å². The maximum atomic E-state index is 12.1. The molecule has 0 spiro atoms. The summed E-state index contributed by atoms with van der Waals surface area (Å²) in [5.41, 5.74) is 7.52. The number of Topliss-reactive ketones (excluding diaryl/α,β-unsaturated/α-hetero) is 1. The number of rotatable bonds is 5. The molecule has 0 aliphatic carbocycles. The van der Waals surface area contributed by atoms with Gasteiger partial charge >= 0.3 is 0 Å². The molecular formula is C14H17N5OS. The van der Waals surface area contributed by atoms with Gasteiger partial charge in [0.05, 0.1) is 22.8 Å². The van der Waals surface area contributed by atoms with Gasteiger partial charge in [0.15, 0.2) is 5.78 Å². The van der Waals surface area contributed by atoms with E-state index in [9.17, 15) is 10.1 Å². The summed E-state index contributed by atoms with van der Waals surface area (Å²) in [4.78, 5) is 12.6. The van der Waals surface area contributed by atoms with Crippen molar-refractivity contribution in [1.82, 2.24) is 10.2 Å². The summed E-state index contributed by atoms with van der Waals surface area (Å²) in [7, 11) is 0. The summed E-state index contributed by atoms with van der Waals surface area (Å²) in [5.74, 6) is -0.199. The quantitative estimate of drug-likeness (QED) is 0.736. The Bertz CT molecular complexity index is 681. The van der Waals surface area contributed by atoms with Crippen LogP contribution in [0.1, 0.15) is 47.6 Å². The first-order valence-electron chi connectivity index (χ1n) is 6.57. The van der Waals surface area contributed by atoms with Crippen molar-refractivity contribution < 1.29 is 4.79 Å². The summed E-state index contributed by atoms with van der Waals surface area (Å²) in [6.07, 6.45) is 3.49. The average molecular weight is 303 g/mol. The van der Waals surface area contributed by atoms with Gasteiger partial charge in [0.2, 0.25) is 0 Å². The minimum atomic E-state index is -0.156. The fraction of sp³-hybridized carbons (Fsp3) is 0.357. The Balaban J connectivity index is 2.34. The van der Waals surface area contributed by atoms with Gasteiger partial charge in [-0.15, -0.1) is 11.3 Å².